The Morgan fingerprint density at radius 2 is 2.05 bits per heavy atom. The predicted octanol–water partition coefficient (Wildman–Crippen LogP) is 1.77. The summed E-state index contributed by atoms with van der Waals surface area (Å²) < 4.78 is 26.8. The highest BCUT2D eigenvalue weighted by molar-refractivity contribution is 7.89. The van der Waals surface area contributed by atoms with E-state index >= 15 is 0 Å². The summed E-state index contributed by atoms with van der Waals surface area (Å²) >= 11 is 0. The molecule has 2 rings (SSSR count). The molecule has 7 heteroatoms. The summed E-state index contributed by atoms with van der Waals surface area (Å²) in [7, 11) is -3.65. The molecule has 0 radical (unpaired) electrons. The van der Waals surface area contributed by atoms with E-state index in [9.17, 15) is 13.2 Å². The Morgan fingerprint density at radius 3 is 2.60 bits per heavy atom. The summed E-state index contributed by atoms with van der Waals surface area (Å²) in [6.45, 7) is 6.45. The van der Waals surface area contributed by atoms with Crippen molar-refractivity contribution in [3.63, 3.8) is 0 Å². The number of nitrogens with zero attached hydrogens (tertiary/aromatic N) is 1. The highest BCUT2D eigenvalue weighted by Crippen LogP contribution is 2.31. The fourth-order valence-electron chi connectivity index (χ4n) is 2.76. The smallest absolute Gasteiger partial charge is 0.352 e. The Balaban J connectivity index is 2.35. The van der Waals surface area contributed by atoms with Gasteiger partial charge in [0.05, 0.1) is 0 Å². The SMILES string of the molecule is CC1CC(C)C(C)N(S(=O)(=O)c2c[nH]c(C(=O)O)c2)C1. The quantitative estimate of drug-likeness (QED) is 0.890. The van der Waals surface area contributed by atoms with Gasteiger partial charge in [0.25, 0.3) is 0 Å². The zero-order valence-electron chi connectivity index (χ0n) is 11.8. The molecule has 0 saturated carbocycles. The number of rotatable bonds is 3. The molecule has 3 atom stereocenters. The average Bonchev–Trinajstić information content (AvgIpc) is 2.83. The van der Waals surface area contributed by atoms with E-state index in [1.54, 1.807) is 0 Å². The van der Waals surface area contributed by atoms with Crippen LogP contribution in [0.25, 0.3) is 0 Å². The van der Waals surface area contributed by atoms with Crippen molar-refractivity contribution in [2.45, 2.75) is 38.1 Å². The number of aromatic amines is 1. The number of aromatic nitrogens is 1. The first kappa shape index (κ1) is 15.1. The third-order valence-electron chi connectivity index (χ3n) is 4.04. The van der Waals surface area contributed by atoms with Crippen LogP contribution >= 0.6 is 0 Å². The van der Waals surface area contributed by atoms with Crippen LogP contribution in [0.4, 0.5) is 0 Å². The molecule has 0 aromatic carbocycles. The van der Waals surface area contributed by atoms with Crippen molar-refractivity contribution < 1.29 is 18.3 Å². The Bertz CT molecular complexity index is 608. The molecule has 3 unspecified atom stereocenters. The Hall–Kier alpha value is -1.34. The van der Waals surface area contributed by atoms with Crippen LogP contribution < -0.4 is 0 Å². The van der Waals surface area contributed by atoms with Gasteiger partial charge in [0.15, 0.2) is 0 Å². The molecule has 1 fully saturated rings. The Kier molecular flexibility index (Phi) is 3.93. The maximum Gasteiger partial charge on any atom is 0.352 e. The van der Waals surface area contributed by atoms with Crippen molar-refractivity contribution in [2.75, 3.05) is 6.54 Å². The lowest BCUT2D eigenvalue weighted by molar-refractivity contribution is 0.0691. The van der Waals surface area contributed by atoms with Gasteiger partial charge in [0.1, 0.15) is 10.6 Å². The van der Waals surface area contributed by atoms with Gasteiger partial charge in [0.2, 0.25) is 10.0 Å². The van der Waals surface area contributed by atoms with Crippen LogP contribution in [0.2, 0.25) is 0 Å². The molecule has 1 aliphatic rings. The molecule has 20 heavy (non-hydrogen) atoms. The minimum absolute atomic E-state index is 0.0167. The number of nitrogens with one attached hydrogen (secondary N) is 1. The third-order valence-corrected chi connectivity index (χ3v) is 5.97. The van der Waals surface area contributed by atoms with Gasteiger partial charge in [-0.1, -0.05) is 13.8 Å². The van der Waals surface area contributed by atoms with Crippen LogP contribution in [0, 0.1) is 11.8 Å². The molecule has 0 spiro atoms. The zero-order chi connectivity index (χ0) is 15.1. The topological polar surface area (TPSA) is 90.5 Å². The second-order valence-corrected chi connectivity index (χ2v) is 7.58. The van der Waals surface area contributed by atoms with Crippen molar-refractivity contribution in [1.82, 2.24) is 9.29 Å². The van der Waals surface area contributed by atoms with Crippen LogP contribution in [-0.2, 0) is 10.0 Å². The molecule has 1 saturated heterocycles. The van der Waals surface area contributed by atoms with Gasteiger partial charge in [-0.25, -0.2) is 13.2 Å². The highest BCUT2D eigenvalue weighted by Gasteiger charge is 2.37. The maximum atomic E-state index is 12.6. The zero-order valence-corrected chi connectivity index (χ0v) is 12.6. The first-order chi connectivity index (χ1) is 9.23. The van der Waals surface area contributed by atoms with Crippen molar-refractivity contribution in [2.24, 2.45) is 11.8 Å². The molecule has 1 aromatic heterocycles. The van der Waals surface area contributed by atoms with Crippen molar-refractivity contribution in [1.29, 1.82) is 0 Å². The molecule has 0 aliphatic carbocycles. The van der Waals surface area contributed by atoms with Gasteiger partial charge in [0, 0.05) is 18.8 Å². The van der Waals surface area contributed by atoms with E-state index in [4.69, 9.17) is 5.11 Å². The van der Waals surface area contributed by atoms with E-state index in [0.29, 0.717) is 12.5 Å². The minimum Gasteiger partial charge on any atom is -0.477 e. The lowest BCUT2D eigenvalue weighted by Gasteiger charge is -2.39. The molecule has 0 bridgehead atoms. The molecular weight excluding hydrogens is 280 g/mol. The number of piperidine rings is 1. The number of aromatic carboxylic acids is 1. The summed E-state index contributed by atoms with van der Waals surface area (Å²) in [4.78, 5) is 13.3. The van der Waals surface area contributed by atoms with E-state index in [1.165, 1.54) is 16.6 Å². The fourth-order valence-corrected chi connectivity index (χ4v) is 4.60. The second kappa shape index (κ2) is 5.21. The van der Waals surface area contributed by atoms with E-state index in [0.717, 1.165) is 6.42 Å². The van der Waals surface area contributed by atoms with Gasteiger partial charge in [-0.2, -0.15) is 4.31 Å². The molecule has 2 heterocycles. The first-order valence-corrected chi connectivity index (χ1v) is 8.11. The summed E-state index contributed by atoms with van der Waals surface area (Å²) in [5.41, 5.74) is -0.116. The van der Waals surface area contributed by atoms with Crippen molar-refractivity contribution in [3.05, 3.63) is 18.0 Å². The Labute approximate surface area is 118 Å². The number of H-pyrrole nitrogens is 1. The Morgan fingerprint density at radius 1 is 1.40 bits per heavy atom. The number of carboxylic acid groups (broad SMARTS) is 1. The highest BCUT2D eigenvalue weighted by atomic mass is 32.2. The number of carboxylic acids is 1. The standard InChI is InChI=1S/C13H20N2O4S/c1-8-4-9(2)10(3)15(7-8)20(18,19)11-5-12(13(16)17)14-6-11/h5-6,8-10,14H,4,7H2,1-3H3,(H,16,17). The molecule has 0 amide bonds. The normalized spacial score (nSPS) is 28.4. The number of hydrogen-bond donors (Lipinski definition) is 2. The lowest BCUT2D eigenvalue weighted by Crippen LogP contribution is -2.48. The summed E-state index contributed by atoms with van der Waals surface area (Å²) in [6, 6.07) is 1.09. The van der Waals surface area contributed by atoms with E-state index in [2.05, 4.69) is 4.98 Å². The van der Waals surface area contributed by atoms with E-state index in [-0.39, 0.29) is 22.5 Å². The van der Waals surface area contributed by atoms with Crippen molar-refractivity contribution in [3.8, 4) is 0 Å². The lowest BCUT2D eigenvalue weighted by atomic mass is 9.88. The maximum absolute atomic E-state index is 12.6. The van der Waals surface area contributed by atoms with Gasteiger partial charge in [-0.05, 0) is 31.2 Å². The molecule has 1 aromatic rings. The fraction of sp³-hybridized carbons (Fsp3) is 0.615. The van der Waals surface area contributed by atoms with Gasteiger partial charge < -0.3 is 10.1 Å². The van der Waals surface area contributed by atoms with Crippen LogP contribution in [0.15, 0.2) is 17.2 Å². The van der Waals surface area contributed by atoms with Gasteiger partial charge in [-0.15, -0.1) is 0 Å². The van der Waals surface area contributed by atoms with Crippen LogP contribution in [0.5, 0.6) is 0 Å². The summed E-state index contributed by atoms with van der Waals surface area (Å²) in [5, 5.41) is 8.87. The minimum atomic E-state index is -3.65. The number of hydrogen-bond acceptors (Lipinski definition) is 3. The third kappa shape index (κ3) is 2.60. The van der Waals surface area contributed by atoms with E-state index < -0.39 is 16.0 Å². The molecule has 1 aliphatic heterocycles. The van der Waals surface area contributed by atoms with Gasteiger partial charge in [-0.3, -0.25) is 0 Å². The summed E-state index contributed by atoms with van der Waals surface area (Å²) in [5.74, 6) is -0.583. The van der Waals surface area contributed by atoms with Crippen LogP contribution in [-0.4, -0.2) is 41.4 Å². The predicted molar refractivity (Wildman–Crippen MR) is 74.1 cm³/mol. The van der Waals surface area contributed by atoms with Gasteiger partial charge >= 0.3 is 5.97 Å². The molecule has 6 nitrogen and oxygen atoms in total. The first-order valence-electron chi connectivity index (χ1n) is 6.67. The molecule has 112 valence electrons. The number of carbonyl (C=O) groups is 1. The molecular formula is C13H20N2O4S. The van der Waals surface area contributed by atoms with E-state index in [1.807, 2.05) is 20.8 Å². The summed E-state index contributed by atoms with van der Waals surface area (Å²) in [6.07, 6.45) is 2.25. The average molecular weight is 300 g/mol. The van der Waals surface area contributed by atoms with Crippen LogP contribution in [0.1, 0.15) is 37.7 Å². The monoisotopic (exact) mass is 300 g/mol. The second-order valence-electron chi connectivity index (χ2n) is 5.69. The molecule has 2 N–H and O–H groups in total. The number of sulfonamides is 1. The van der Waals surface area contributed by atoms with Crippen LogP contribution in [0.3, 0.4) is 0 Å². The van der Waals surface area contributed by atoms with Crippen molar-refractivity contribution >= 4 is 16.0 Å². The largest absolute Gasteiger partial charge is 0.477 e.